The summed E-state index contributed by atoms with van der Waals surface area (Å²) in [5.74, 6) is 0.683. The summed E-state index contributed by atoms with van der Waals surface area (Å²) in [5.41, 5.74) is 1.04. The first kappa shape index (κ1) is 13.7. The fourth-order valence-electron chi connectivity index (χ4n) is 1.56. The van der Waals surface area contributed by atoms with Crippen LogP contribution in [0.3, 0.4) is 0 Å². The van der Waals surface area contributed by atoms with Crippen molar-refractivity contribution < 1.29 is 4.84 Å². The van der Waals surface area contributed by atoms with Crippen molar-refractivity contribution >= 4 is 6.21 Å². The van der Waals surface area contributed by atoms with Gasteiger partial charge in [0, 0.05) is 5.56 Å². The van der Waals surface area contributed by atoms with Gasteiger partial charge in [0.15, 0.2) is 5.75 Å². The van der Waals surface area contributed by atoms with E-state index in [1.165, 1.54) is 0 Å². The van der Waals surface area contributed by atoms with Crippen molar-refractivity contribution in [2.75, 3.05) is 0 Å². The van der Waals surface area contributed by atoms with Gasteiger partial charge in [0.2, 0.25) is 0 Å². The van der Waals surface area contributed by atoms with E-state index in [1.807, 2.05) is 60.7 Å². The molecule has 100 valence electrons. The van der Waals surface area contributed by atoms with E-state index < -0.39 is 0 Å². The van der Waals surface area contributed by atoms with Crippen LogP contribution in [0.25, 0.3) is 0 Å². The number of hydrogen-bond donors (Lipinski definition) is 0. The first-order valence-electron chi connectivity index (χ1n) is 6.30. The zero-order valence-electron chi connectivity index (χ0n) is 11.0. The molecule has 0 aliphatic carbocycles. The van der Waals surface area contributed by atoms with Crippen LogP contribution in [-0.4, -0.2) is 6.21 Å². The van der Waals surface area contributed by atoms with Gasteiger partial charge in [-0.15, -0.1) is 5.10 Å². The van der Waals surface area contributed by atoms with Crippen LogP contribution in [0.5, 0.6) is 5.75 Å². The molecule has 1 aromatic rings. The summed E-state index contributed by atoms with van der Waals surface area (Å²) in [6.45, 7) is 0. The molecule has 0 unspecified atom stereocenters. The van der Waals surface area contributed by atoms with Gasteiger partial charge in [0.05, 0.1) is 11.5 Å². The molecule has 1 aromatic carbocycles. The first-order valence-corrected chi connectivity index (χ1v) is 6.30. The molecule has 0 atom stereocenters. The van der Waals surface area contributed by atoms with E-state index in [1.54, 1.807) is 12.3 Å². The van der Waals surface area contributed by atoms with Crippen LogP contribution in [0.15, 0.2) is 88.5 Å². The Morgan fingerprint density at radius 3 is 2.50 bits per heavy atom. The molecule has 1 aliphatic rings. The van der Waals surface area contributed by atoms with Crippen LogP contribution < -0.4 is 4.84 Å². The van der Waals surface area contributed by atoms with E-state index in [0.717, 1.165) is 12.0 Å². The summed E-state index contributed by atoms with van der Waals surface area (Å²) < 4.78 is 0. The van der Waals surface area contributed by atoms with Gasteiger partial charge in [0.25, 0.3) is 0 Å². The van der Waals surface area contributed by atoms with Gasteiger partial charge in [-0.1, -0.05) is 60.7 Å². The third-order valence-electron chi connectivity index (χ3n) is 2.49. The maximum Gasteiger partial charge on any atom is 0.163 e. The van der Waals surface area contributed by atoms with Crippen LogP contribution in [-0.2, 0) is 6.42 Å². The van der Waals surface area contributed by atoms with Crippen molar-refractivity contribution in [2.45, 2.75) is 6.42 Å². The van der Waals surface area contributed by atoms with Crippen LogP contribution in [0.4, 0.5) is 0 Å². The SMILES string of the molecule is C1=C\C=C\C=C/C=N/N=N\Oc2ccccc2C\C=C/1. The molecule has 0 fully saturated rings. The average Bonchev–Trinajstić information content (AvgIpc) is 2.47. The first-order chi connectivity index (χ1) is 9.97. The molecule has 0 saturated carbocycles. The van der Waals surface area contributed by atoms with E-state index >= 15 is 0 Å². The number of hydrogen-bond acceptors (Lipinski definition) is 4. The fraction of sp³-hybridized carbons (Fsp3) is 0.0625. The highest BCUT2D eigenvalue weighted by molar-refractivity contribution is 5.71. The minimum absolute atomic E-state index is 0.683. The molecule has 1 heterocycles. The minimum atomic E-state index is 0.683. The molecular weight excluding hydrogens is 250 g/mol. The Morgan fingerprint density at radius 2 is 1.60 bits per heavy atom. The Balaban J connectivity index is 2.19. The summed E-state index contributed by atoms with van der Waals surface area (Å²) in [6.07, 6.45) is 17.8. The van der Waals surface area contributed by atoms with Crippen molar-refractivity contribution in [3.63, 3.8) is 0 Å². The smallest absolute Gasteiger partial charge is 0.163 e. The van der Waals surface area contributed by atoms with Crippen molar-refractivity contribution in [3.8, 4) is 5.75 Å². The van der Waals surface area contributed by atoms with E-state index in [9.17, 15) is 0 Å². The highest BCUT2D eigenvalue weighted by Gasteiger charge is 2.00. The van der Waals surface area contributed by atoms with Gasteiger partial charge in [-0.05, 0) is 23.8 Å². The Hall–Kier alpha value is -2.75. The number of fused-ring (bicyclic) bond motifs is 1. The van der Waals surface area contributed by atoms with E-state index in [0.29, 0.717) is 5.75 Å². The molecule has 4 heteroatoms. The van der Waals surface area contributed by atoms with Crippen molar-refractivity contribution in [2.24, 2.45) is 15.6 Å². The summed E-state index contributed by atoms with van der Waals surface area (Å²) >= 11 is 0. The maximum absolute atomic E-state index is 5.24. The zero-order valence-corrected chi connectivity index (χ0v) is 11.0. The molecule has 0 amide bonds. The van der Waals surface area contributed by atoms with Crippen molar-refractivity contribution in [3.05, 3.63) is 78.4 Å². The topological polar surface area (TPSA) is 46.3 Å². The highest BCUT2D eigenvalue weighted by atomic mass is 16.6. The summed E-state index contributed by atoms with van der Waals surface area (Å²) in [7, 11) is 0. The summed E-state index contributed by atoms with van der Waals surface area (Å²) in [4.78, 5) is 5.24. The zero-order chi connectivity index (χ0) is 13.9. The second kappa shape index (κ2) is 8.37. The Bertz CT molecular complexity index is 542. The standard InChI is InChI=1S/C16H15N3O/c1-2-4-6-10-14-17-18-19-20-16-13-9-8-12-15(16)11-7-5-3-1/h1-10,12-14H,11H2/b3-1-,4-2+,7-5-,10-6-,17-14+,19-18-. The normalized spacial score (nSPS) is 24.6. The third kappa shape index (κ3) is 4.86. The lowest BCUT2D eigenvalue weighted by Gasteiger charge is -2.02. The summed E-state index contributed by atoms with van der Waals surface area (Å²) in [5, 5.41) is 10.9. The number of rotatable bonds is 0. The van der Waals surface area contributed by atoms with E-state index in [-0.39, 0.29) is 0 Å². The number of nitrogens with zero attached hydrogens (tertiary/aromatic N) is 3. The minimum Gasteiger partial charge on any atom is -0.338 e. The number of allylic oxidation sites excluding steroid dienone is 8. The predicted octanol–water partition coefficient (Wildman–Crippen LogP) is 4.20. The van der Waals surface area contributed by atoms with Gasteiger partial charge in [0.1, 0.15) is 0 Å². The average molecular weight is 265 g/mol. The van der Waals surface area contributed by atoms with Crippen LogP contribution in [0.1, 0.15) is 5.56 Å². The molecule has 0 saturated heterocycles. The fourth-order valence-corrected chi connectivity index (χ4v) is 1.56. The van der Waals surface area contributed by atoms with Gasteiger partial charge in [-0.3, -0.25) is 0 Å². The van der Waals surface area contributed by atoms with Crippen LogP contribution in [0, 0.1) is 0 Å². The Morgan fingerprint density at radius 1 is 0.850 bits per heavy atom. The van der Waals surface area contributed by atoms with Crippen LogP contribution in [0.2, 0.25) is 0 Å². The molecule has 0 bridgehead atoms. The Labute approximate surface area is 118 Å². The molecule has 0 spiro atoms. The molecule has 20 heavy (non-hydrogen) atoms. The monoisotopic (exact) mass is 265 g/mol. The highest BCUT2D eigenvalue weighted by Crippen LogP contribution is 2.19. The lowest BCUT2D eigenvalue weighted by molar-refractivity contribution is 0.303. The molecule has 0 radical (unpaired) electrons. The van der Waals surface area contributed by atoms with Gasteiger partial charge < -0.3 is 4.84 Å². The quantitative estimate of drug-likeness (QED) is 0.693. The lowest BCUT2D eigenvalue weighted by Crippen LogP contribution is -1.89. The molecule has 4 nitrogen and oxygen atoms in total. The lowest BCUT2D eigenvalue weighted by atomic mass is 10.1. The van der Waals surface area contributed by atoms with Gasteiger partial charge in [-0.25, -0.2) is 0 Å². The third-order valence-corrected chi connectivity index (χ3v) is 2.49. The molecule has 0 N–H and O–H groups in total. The number of para-hydroxylation sites is 1. The molecule has 2 rings (SSSR count). The van der Waals surface area contributed by atoms with E-state index in [2.05, 4.69) is 21.7 Å². The molecule has 0 aromatic heterocycles. The largest absolute Gasteiger partial charge is 0.338 e. The van der Waals surface area contributed by atoms with Gasteiger partial charge >= 0.3 is 0 Å². The Kier molecular flexibility index (Phi) is 5.72. The van der Waals surface area contributed by atoms with Gasteiger partial charge in [-0.2, -0.15) is 0 Å². The van der Waals surface area contributed by atoms with E-state index in [4.69, 9.17) is 4.84 Å². The van der Waals surface area contributed by atoms with Crippen molar-refractivity contribution in [1.82, 2.24) is 0 Å². The van der Waals surface area contributed by atoms with Crippen molar-refractivity contribution in [1.29, 1.82) is 0 Å². The number of benzene rings is 1. The predicted molar refractivity (Wildman–Crippen MR) is 80.7 cm³/mol. The maximum atomic E-state index is 5.24. The second-order valence-electron chi connectivity index (χ2n) is 3.92. The second-order valence-corrected chi connectivity index (χ2v) is 3.92. The summed E-state index contributed by atoms with van der Waals surface area (Å²) in [6, 6.07) is 7.71. The molecule has 1 aliphatic heterocycles. The van der Waals surface area contributed by atoms with Crippen LogP contribution >= 0.6 is 0 Å². The molecular formula is C16H15N3O.